The minimum absolute atomic E-state index is 0.0137. The van der Waals surface area contributed by atoms with Crippen LogP contribution in [-0.4, -0.2) is 59.2 Å². The van der Waals surface area contributed by atoms with Gasteiger partial charge in [-0.3, -0.25) is 19.4 Å². The highest BCUT2D eigenvalue weighted by atomic mass is 32.2. The molecular formula is C18H22N5O5S+. The van der Waals surface area contributed by atoms with Crippen molar-refractivity contribution in [2.75, 3.05) is 42.3 Å². The molecule has 1 aromatic heterocycles. The summed E-state index contributed by atoms with van der Waals surface area (Å²) in [6, 6.07) is 9.52. The lowest BCUT2D eigenvalue weighted by molar-refractivity contribution is -0.759. The van der Waals surface area contributed by atoms with Crippen molar-refractivity contribution < 1.29 is 28.4 Å². The number of aromatic nitrogens is 2. The molecule has 0 bridgehead atoms. The van der Waals surface area contributed by atoms with Gasteiger partial charge in [-0.15, -0.1) is 5.01 Å². The van der Waals surface area contributed by atoms with Crippen LogP contribution in [0.4, 0.5) is 10.7 Å². The van der Waals surface area contributed by atoms with Crippen LogP contribution in [0.15, 0.2) is 41.1 Å². The number of hydrogen-bond acceptors (Lipinski definition) is 8. The molecule has 0 atom stereocenters. The van der Waals surface area contributed by atoms with Gasteiger partial charge in [-0.05, 0) is 5.56 Å². The fraction of sp³-hybridized carbons (Fsp3) is 0.389. The van der Waals surface area contributed by atoms with Gasteiger partial charge < -0.3 is 9.64 Å². The second kappa shape index (κ2) is 9.92. The first-order chi connectivity index (χ1) is 14.0. The van der Waals surface area contributed by atoms with Crippen molar-refractivity contribution in [1.29, 1.82) is 0 Å². The van der Waals surface area contributed by atoms with Crippen LogP contribution < -0.4 is 15.1 Å². The lowest BCUT2D eigenvalue weighted by Gasteiger charge is -2.29. The van der Waals surface area contributed by atoms with E-state index in [4.69, 9.17) is 9.26 Å². The molecule has 11 heteroatoms. The molecule has 1 aliphatic heterocycles. The highest BCUT2D eigenvalue weighted by Crippen LogP contribution is 2.07. The Hall–Kier alpha value is -3.08. The van der Waals surface area contributed by atoms with Crippen LogP contribution in [-0.2, 0) is 20.9 Å². The first kappa shape index (κ1) is 20.6. The molecule has 2 aromatic rings. The number of benzene rings is 1. The SMILES string of the molecule is CC(=O)SCC(=O)Nc1c[n+](N2CCN(C(=O)OCc3ccccc3)CC2)no1. The van der Waals surface area contributed by atoms with Crippen LogP contribution in [0.25, 0.3) is 0 Å². The standard InChI is InChI=1S/C18H21N5O5S/c1-14(24)29-13-16(25)19-17-11-23(20-28-17)22-9-7-21(8-10-22)18(26)27-12-15-5-3-2-4-6-15/h2-6,11H,7-10,12-13H2,1H3/p+1. The summed E-state index contributed by atoms with van der Waals surface area (Å²) >= 11 is 0.919. The Morgan fingerprint density at radius 1 is 1.21 bits per heavy atom. The molecule has 0 radical (unpaired) electrons. The molecule has 1 aromatic carbocycles. The number of carbonyl (C=O) groups excluding carboxylic acids is 3. The molecular weight excluding hydrogens is 398 g/mol. The van der Waals surface area contributed by atoms with Crippen molar-refractivity contribution >= 4 is 34.8 Å². The van der Waals surface area contributed by atoms with Crippen molar-refractivity contribution in [2.45, 2.75) is 13.5 Å². The van der Waals surface area contributed by atoms with E-state index in [1.165, 1.54) is 11.7 Å². The molecule has 0 aliphatic carbocycles. The lowest BCUT2D eigenvalue weighted by Crippen LogP contribution is -2.65. The average molecular weight is 420 g/mol. The molecule has 0 saturated carbocycles. The van der Waals surface area contributed by atoms with Crippen molar-refractivity contribution in [2.24, 2.45) is 0 Å². The van der Waals surface area contributed by atoms with Crippen LogP contribution in [0, 0.1) is 0 Å². The highest BCUT2D eigenvalue weighted by Gasteiger charge is 2.29. The molecule has 3 rings (SSSR count). The number of ether oxygens (including phenoxy) is 1. The summed E-state index contributed by atoms with van der Waals surface area (Å²) in [7, 11) is 0. The number of piperazine rings is 1. The van der Waals surface area contributed by atoms with E-state index in [1.54, 1.807) is 11.1 Å². The van der Waals surface area contributed by atoms with Gasteiger partial charge in [0.2, 0.25) is 11.2 Å². The van der Waals surface area contributed by atoms with Crippen LogP contribution >= 0.6 is 11.8 Å². The number of anilines is 1. The Bertz CT molecular complexity index is 851. The Labute approximate surface area is 171 Å². The molecule has 2 amide bonds. The zero-order valence-electron chi connectivity index (χ0n) is 15.9. The van der Waals surface area contributed by atoms with Gasteiger partial charge in [0.05, 0.1) is 23.6 Å². The zero-order chi connectivity index (χ0) is 20.6. The number of thioether (sulfide) groups is 1. The maximum Gasteiger partial charge on any atom is 0.410 e. The van der Waals surface area contributed by atoms with Gasteiger partial charge >= 0.3 is 12.0 Å². The number of amides is 2. The third kappa shape index (κ3) is 6.21. The van der Waals surface area contributed by atoms with Gasteiger partial charge in [-0.1, -0.05) is 42.1 Å². The van der Waals surface area contributed by atoms with E-state index < -0.39 is 0 Å². The summed E-state index contributed by atoms with van der Waals surface area (Å²) in [6.45, 7) is 3.66. The molecule has 2 heterocycles. The van der Waals surface area contributed by atoms with Crippen molar-refractivity contribution in [3.05, 3.63) is 42.1 Å². The average Bonchev–Trinajstić information content (AvgIpc) is 3.20. The maximum atomic E-state index is 12.2. The van der Waals surface area contributed by atoms with Gasteiger partial charge in [-0.2, -0.15) is 0 Å². The zero-order valence-corrected chi connectivity index (χ0v) is 16.8. The number of hydrogen-bond donors (Lipinski definition) is 1. The Morgan fingerprint density at radius 2 is 1.93 bits per heavy atom. The molecule has 1 fully saturated rings. The first-order valence-corrected chi connectivity index (χ1v) is 10.0. The van der Waals surface area contributed by atoms with Gasteiger partial charge in [0.15, 0.2) is 5.12 Å². The van der Waals surface area contributed by atoms with Crippen LogP contribution in [0.1, 0.15) is 12.5 Å². The number of rotatable bonds is 6. The molecule has 1 aliphatic rings. The highest BCUT2D eigenvalue weighted by molar-refractivity contribution is 8.14. The summed E-state index contributed by atoms with van der Waals surface area (Å²) in [5, 5.41) is 8.17. The smallest absolute Gasteiger partial charge is 0.410 e. The molecule has 0 spiro atoms. The molecule has 1 N–H and O–H groups in total. The lowest BCUT2D eigenvalue weighted by atomic mass is 10.2. The molecule has 10 nitrogen and oxygen atoms in total. The van der Waals surface area contributed by atoms with E-state index >= 15 is 0 Å². The Balaban J connectivity index is 1.43. The van der Waals surface area contributed by atoms with E-state index in [-0.39, 0.29) is 35.4 Å². The first-order valence-electron chi connectivity index (χ1n) is 9.04. The van der Waals surface area contributed by atoms with Crippen molar-refractivity contribution in [1.82, 2.24) is 10.2 Å². The summed E-state index contributed by atoms with van der Waals surface area (Å²) in [6.07, 6.45) is 1.19. The number of nitrogens with zero attached hydrogens (tertiary/aromatic N) is 4. The molecule has 154 valence electrons. The molecule has 29 heavy (non-hydrogen) atoms. The minimum Gasteiger partial charge on any atom is -0.445 e. The van der Waals surface area contributed by atoms with E-state index in [1.807, 2.05) is 35.3 Å². The Morgan fingerprint density at radius 3 is 2.62 bits per heavy atom. The van der Waals surface area contributed by atoms with Crippen molar-refractivity contribution in [3.63, 3.8) is 0 Å². The number of carbonyl (C=O) groups is 3. The van der Waals surface area contributed by atoms with Crippen LogP contribution in [0.5, 0.6) is 0 Å². The third-order valence-corrected chi connectivity index (χ3v) is 4.95. The summed E-state index contributed by atoms with van der Waals surface area (Å²) in [4.78, 5) is 38.0. The minimum atomic E-state index is -0.352. The maximum absolute atomic E-state index is 12.2. The second-order valence-corrected chi connectivity index (χ2v) is 7.45. The summed E-state index contributed by atoms with van der Waals surface area (Å²) < 4.78 is 10.4. The Kier molecular flexibility index (Phi) is 7.06. The summed E-state index contributed by atoms with van der Waals surface area (Å²) in [5.41, 5.74) is 0.939. The predicted octanol–water partition coefficient (Wildman–Crippen LogP) is 0.771. The molecule has 1 saturated heterocycles. The quantitative estimate of drug-likeness (QED) is 0.683. The van der Waals surface area contributed by atoms with Crippen LogP contribution in [0.2, 0.25) is 0 Å². The largest absolute Gasteiger partial charge is 0.445 e. The fourth-order valence-electron chi connectivity index (χ4n) is 2.66. The third-order valence-electron chi connectivity index (χ3n) is 4.13. The van der Waals surface area contributed by atoms with E-state index in [0.29, 0.717) is 26.2 Å². The van der Waals surface area contributed by atoms with E-state index in [2.05, 4.69) is 10.6 Å². The second-order valence-electron chi connectivity index (χ2n) is 6.30. The predicted molar refractivity (Wildman–Crippen MR) is 105 cm³/mol. The summed E-state index contributed by atoms with van der Waals surface area (Å²) in [5.74, 6) is -0.150. The van der Waals surface area contributed by atoms with Crippen LogP contribution in [0.3, 0.4) is 0 Å². The molecule has 0 unspecified atom stereocenters. The van der Waals surface area contributed by atoms with Gasteiger partial charge in [-0.25, -0.2) is 4.79 Å². The monoisotopic (exact) mass is 420 g/mol. The topological polar surface area (TPSA) is 109 Å². The van der Waals surface area contributed by atoms with E-state index in [9.17, 15) is 14.4 Å². The number of nitrogens with one attached hydrogen (secondary N) is 1. The van der Waals surface area contributed by atoms with Crippen molar-refractivity contribution in [3.8, 4) is 0 Å². The van der Waals surface area contributed by atoms with Gasteiger partial charge in [0.1, 0.15) is 6.61 Å². The fourth-order valence-corrected chi connectivity index (χ4v) is 3.07. The van der Waals surface area contributed by atoms with Gasteiger partial charge in [0.25, 0.3) is 6.20 Å². The normalized spacial score (nSPS) is 13.8. The van der Waals surface area contributed by atoms with E-state index in [0.717, 1.165) is 17.3 Å². The van der Waals surface area contributed by atoms with Gasteiger partial charge in [0, 0.05) is 20.0 Å².